The molecular weight excluding hydrogens is 182 g/mol. The van der Waals surface area contributed by atoms with Crippen LogP contribution in [0.5, 0.6) is 0 Å². The standard InChI is InChI=1S/C6H11NO2S2/c8-6(9)1-3-7(4-2-6)5(10)11/h8-9H,1-4H2,(H,10,11). The second-order valence-corrected chi connectivity index (χ2v) is 3.86. The van der Waals surface area contributed by atoms with Crippen molar-refractivity contribution in [3.8, 4) is 0 Å². The van der Waals surface area contributed by atoms with Crippen LogP contribution in [0.4, 0.5) is 0 Å². The van der Waals surface area contributed by atoms with Gasteiger partial charge >= 0.3 is 0 Å². The summed E-state index contributed by atoms with van der Waals surface area (Å²) in [6.07, 6.45) is 0.682. The molecule has 0 saturated carbocycles. The maximum Gasteiger partial charge on any atom is 0.165 e. The van der Waals surface area contributed by atoms with E-state index in [0.717, 1.165) is 0 Å². The van der Waals surface area contributed by atoms with Crippen LogP contribution in [-0.2, 0) is 0 Å². The van der Waals surface area contributed by atoms with Crippen molar-refractivity contribution < 1.29 is 10.2 Å². The van der Waals surface area contributed by atoms with Crippen LogP contribution in [-0.4, -0.2) is 38.3 Å². The first-order chi connectivity index (χ1) is 5.01. The van der Waals surface area contributed by atoms with E-state index in [1.165, 1.54) is 0 Å². The summed E-state index contributed by atoms with van der Waals surface area (Å²) in [5, 5.41) is 18.3. The first-order valence-electron chi connectivity index (χ1n) is 3.44. The van der Waals surface area contributed by atoms with Crippen LogP contribution in [0.3, 0.4) is 0 Å². The summed E-state index contributed by atoms with van der Waals surface area (Å²) in [5.74, 6) is -1.49. The average molecular weight is 193 g/mol. The van der Waals surface area contributed by atoms with Crippen LogP contribution in [0.1, 0.15) is 12.8 Å². The number of likely N-dealkylation sites (tertiary alicyclic amines) is 1. The van der Waals surface area contributed by atoms with Crippen LogP contribution >= 0.6 is 24.8 Å². The van der Waals surface area contributed by atoms with E-state index in [-0.39, 0.29) is 0 Å². The Morgan fingerprint density at radius 3 is 2.18 bits per heavy atom. The van der Waals surface area contributed by atoms with Crippen molar-refractivity contribution in [2.24, 2.45) is 0 Å². The van der Waals surface area contributed by atoms with Crippen molar-refractivity contribution in [2.75, 3.05) is 13.1 Å². The second kappa shape index (κ2) is 3.26. The molecule has 0 atom stereocenters. The Bertz CT molecular complexity index is 162. The van der Waals surface area contributed by atoms with E-state index >= 15 is 0 Å². The van der Waals surface area contributed by atoms with E-state index in [0.29, 0.717) is 30.3 Å². The highest BCUT2D eigenvalue weighted by Crippen LogP contribution is 2.19. The molecule has 1 heterocycles. The number of hydrogen-bond donors (Lipinski definition) is 3. The average Bonchev–Trinajstić information content (AvgIpc) is 1.86. The third-order valence-corrected chi connectivity index (χ3v) is 2.38. The maximum atomic E-state index is 9.13. The maximum absolute atomic E-state index is 9.13. The van der Waals surface area contributed by atoms with Gasteiger partial charge in [0.15, 0.2) is 5.79 Å². The number of rotatable bonds is 0. The number of hydrogen-bond acceptors (Lipinski definition) is 3. The van der Waals surface area contributed by atoms with Gasteiger partial charge in [0.1, 0.15) is 4.32 Å². The molecule has 11 heavy (non-hydrogen) atoms. The predicted molar refractivity (Wildman–Crippen MR) is 49.6 cm³/mol. The highest BCUT2D eigenvalue weighted by atomic mass is 32.1. The molecular formula is C6H11NO2S2. The minimum Gasteiger partial charge on any atom is -0.365 e. The van der Waals surface area contributed by atoms with E-state index in [4.69, 9.17) is 22.4 Å². The Balaban J connectivity index is 2.42. The third-order valence-electron chi connectivity index (χ3n) is 1.83. The molecule has 3 nitrogen and oxygen atoms in total. The fraction of sp³-hybridized carbons (Fsp3) is 0.833. The predicted octanol–water partition coefficient (Wildman–Crippen LogP) is -0.0222. The lowest BCUT2D eigenvalue weighted by Crippen LogP contribution is -2.44. The summed E-state index contributed by atoms with van der Waals surface area (Å²) >= 11 is 8.81. The van der Waals surface area contributed by atoms with E-state index in [1.807, 2.05) is 4.90 Å². The summed E-state index contributed by atoms with van der Waals surface area (Å²) in [6, 6.07) is 0. The van der Waals surface area contributed by atoms with Gasteiger partial charge in [0, 0.05) is 25.9 Å². The quantitative estimate of drug-likeness (QED) is 0.287. The highest BCUT2D eigenvalue weighted by Gasteiger charge is 2.29. The molecule has 1 fully saturated rings. The van der Waals surface area contributed by atoms with Crippen molar-refractivity contribution in [1.29, 1.82) is 0 Å². The Labute approximate surface area is 76.4 Å². The molecule has 1 aliphatic rings. The molecule has 1 saturated heterocycles. The lowest BCUT2D eigenvalue weighted by atomic mass is 10.1. The Kier molecular flexibility index (Phi) is 2.74. The molecule has 1 rings (SSSR count). The van der Waals surface area contributed by atoms with E-state index in [9.17, 15) is 0 Å². The van der Waals surface area contributed by atoms with Crippen LogP contribution < -0.4 is 0 Å². The zero-order valence-corrected chi connectivity index (χ0v) is 7.74. The summed E-state index contributed by atoms with van der Waals surface area (Å²) in [7, 11) is 0. The smallest absolute Gasteiger partial charge is 0.165 e. The van der Waals surface area contributed by atoms with Gasteiger partial charge in [-0.25, -0.2) is 0 Å². The molecule has 0 aromatic heterocycles. The van der Waals surface area contributed by atoms with Crippen molar-refractivity contribution in [2.45, 2.75) is 18.6 Å². The Morgan fingerprint density at radius 2 is 1.82 bits per heavy atom. The number of nitrogens with zero attached hydrogens (tertiary/aromatic N) is 1. The molecule has 0 aliphatic carbocycles. The number of piperidine rings is 1. The normalized spacial score (nSPS) is 23.4. The van der Waals surface area contributed by atoms with E-state index in [1.54, 1.807) is 0 Å². The number of aliphatic hydroxyl groups is 2. The topological polar surface area (TPSA) is 43.7 Å². The van der Waals surface area contributed by atoms with Crippen LogP contribution in [0.2, 0.25) is 0 Å². The largest absolute Gasteiger partial charge is 0.365 e. The molecule has 2 N–H and O–H groups in total. The molecule has 0 aromatic rings. The SMILES string of the molecule is OC1(O)CCN(C(=S)S)CC1. The van der Waals surface area contributed by atoms with Gasteiger partial charge in [0.25, 0.3) is 0 Å². The van der Waals surface area contributed by atoms with Gasteiger partial charge in [0.2, 0.25) is 0 Å². The molecule has 0 radical (unpaired) electrons. The van der Waals surface area contributed by atoms with Gasteiger partial charge in [-0.05, 0) is 0 Å². The molecule has 0 bridgehead atoms. The van der Waals surface area contributed by atoms with Gasteiger partial charge in [0.05, 0.1) is 0 Å². The van der Waals surface area contributed by atoms with Gasteiger partial charge in [-0.2, -0.15) is 0 Å². The number of thiol groups is 1. The van der Waals surface area contributed by atoms with Crippen molar-refractivity contribution in [3.05, 3.63) is 0 Å². The van der Waals surface area contributed by atoms with Crippen LogP contribution in [0.15, 0.2) is 0 Å². The lowest BCUT2D eigenvalue weighted by molar-refractivity contribution is -0.183. The molecule has 64 valence electrons. The Hall–Kier alpha value is 0.160. The van der Waals surface area contributed by atoms with Crippen LogP contribution in [0.25, 0.3) is 0 Å². The minimum atomic E-state index is -1.49. The molecule has 0 aromatic carbocycles. The fourth-order valence-corrected chi connectivity index (χ4v) is 1.44. The summed E-state index contributed by atoms with van der Waals surface area (Å²) in [5.41, 5.74) is 0. The van der Waals surface area contributed by atoms with Crippen molar-refractivity contribution in [1.82, 2.24) is 4.90 Å². The Morgan fingerprint density at radius 1 is 1.36 bits per heavy atom. The van der Waals surface area contributed by atoms with Crippen molar-refractivity contribution >= 4 is 29.2 Å². The first-order valence-corrected chi connectivity index (χ1v) is 4.29. The van der Waals surface area contributed by atoms with E-state index in [2.05, 4.69) is 12.6 Å². The van der Waals surface area contributed by atoms with Gasteiger partial charge in [-0.3, -0.25) is 0 Å². The molecule has 0 amide bonds. The monoisotopic (exact) mass is 193 g/mol. The zero-order chi connectivity index (χ0) is 8.48. The fourth-order valence-electron chi connectivity index (χ4n) is 1.06. The summed E-state index contributed by atoms with van der Waals surface area (Å²) < 4.78 is 0.528. The lowest BCUT2D eigenvalue weighted by Gasteiger charge is -2.34. The molecule has 0 spiro atoms. The van der Waals surface area contributed by atoms with Crippen LogP contribution in [0, 0.1) is 0 Å². The highest BCUT2D eigenvalue weighted by molar-refractivity contribution is 8.10. The summed E-state index contributed by atoms with van der Waals surface area (Å²) in [6.45, 7) is 1.16. The first kappa shape index (κ1) is 9.25. The van der Waals surface area contributed by atoms with E-state index < -0.39 is 5.79 Å². The van der Waals surface area contributed by atoms with Crippen molar-refractivity contribution in [3.63, 3.8) is 0 Å². The second-order valence-electron chi connectivity index (χ2n) is 2.75. The third kappa shape index (κ3) is 2.59. The van der Waals surface area contributed by atoms with Gasteiger partial charge in [-0.15, -0.1) is 12.6 Å². The summed E-state index contributed by atoms with van der Waals surface area (Å²) in [4.78, 5) is 1.85. The molecule has 5 heteroatoms. The minimum absolute atomic E-state index is 0.341. The van der Waals surface area contributed by atoms with Gasteiger partial charge in [-0.1, -0.05) is 12.2 Å². The van der Waals surface area contributed by atoms with Gasteiger partial charge < -0.3 is 15.1 Å². The molecule has 0 unspecified atom stereocenters. The molecule has 1 aliphatic heterocycles. The zero-order valence-electron chi connectivity index (χ0n) is 6.03. The number of thiocarbonyl (C=S) groups is 1.